The second-order valence-electron chi connectivity index (χ2n) is 5.40. The monoisotopic (exact) mass is 421 g/mol. The second-order valence-corrected chi connectivity index (χ2v) is 7.49. The van der Waals surface area contributed by atoms with Crippen molar-refractivity contribution in [2.75, 3.05) is 25.0 Å². The fraction of sp³-hybridized carbons (Fsp3) is 0.294. The van der Waals surface area contributed by atoms with Gasteiger partial charge >= 0.3 is 6.61 Å². The van der Waals surface area contributed by atoms with Crippen molar-refractivity contribution in [2.45, 2.75) is 18.4 Å². The lowest BCUT2D eigenvalue weighted by Gasteiger charge is -2.13. The topological polar surface area (TPSA) is 73.9 Å². The molecule has 0 amide bonds. The van der Waals surface area contributed by atoms with E-state index in [9.17, 15) is 17.2 Å². The predicted octanol–water partition coefficient (Wildman–Crippen LogP) is 4.08. The number of hydrogen-bond acceptors (Lipinski definition) is 5. The van der Waals surface area contributed by atoms with E-state index in [1.165, 1.54) is 24.3 Å². The number of nitrogens with one attached hydrogen (secondary N) is 1. The van der Waals surface area contributed by atoms with Crippen molar-refractivity contribution in [1.82, 2.24) is 0 Å². The molecule has 0 aliphatic heterocycles. The third-order valence-electron chi connectivity index (χ3n) is 3.40. The van der Waals surface area contributed by atoms with E-state index < -0.39 is 16.6 Å². The maximum Gasteiger partial charge on any atom is 0.387 e. The minimum Gasteiger partial charge on any atom is -0.491 e. The van der Waals surface area contributed by atoms with E-state index >= 15 is 0 Å². The molecule has 0 aliphatic rings. The summed E-state index contributed by atoms with van der Waals surface area (Å²) in [5, 5.41) is -0.145. The van der Waals surface area contributed by atoms with Crippen molar-refractivity contribution in [3.05, 3.63) is 47.0 Å². The van der Waals surface area contributed by atoms with Crippen LogP contribution in [0.15, 0.2) is 41.3 Å². The van der Waals surface area contributed by atoms with Crippen molar-refractivity contribution in [3.63, 3.8) is 0 Å². The summed E-state index contributed by atoms with van der Waals surface area (Å²) in [6.07, 6.45) is 0. The van der Waals surface area contributed by atoms with Crippen molar-refractivity contribution >= 4 is 27.3 Å². The van der Waals surface area contributed by atoms with Gasteiger partial charge in [-0.05, 0) is 48.9 Å². The average Bonchev–Trinajstić information content (AvgIpc) is 2.58. The zero-order valence-corrected chi connectivity index (χ0v) is 16.1. The van der Waals surface area contributed by atoms with Gasteiger partial charge in [0.25, 0.3) is 10.0 Å². The summed E-state index contributed by atoms with van der Waals surface area (Å²) < 4.78 is 66.5. The summed E-state index contributed by atoms with van der Waals surface area (Å²) in [5.41, 5.74) is 0.743. The maximum atomic E-state index is 12.5. The van der Waals surface area contributed by atoms with Crippen LogP contribution in [0.4, 0.5) is 14.5 Å². The number of ether oxygens (including phenoxy) is 3. The third kappa shape index (κ3) is 5.95. The molecule has 0 aromatic heterocycles. The summed E-state index contributed by atoms with van der Waals surface area (Å²) in [6.45, 7) is -0.563. The molecule has 0 unspecified atom stereocenters. The Morgan fingerprint density at radius 2 is 1.81 bits per heavy atom. The highest BCUT2D eigenvalue weighted by molar-refractivity contribution is 7.92. The van der Waals surface area contributed by atoms with Gasteiger partial charge in [0.15, 0.2) is 0 Å². The van der Waals surface area contributed by atoms with Gasteiger partial charge in [0.2, 0.25) is 0 Å². The van der Waals surface area contributed by atoms with Gasteiger partial charge in [-0.15, -0.1) is 0 Å². The van der Waals surface area contributed by atoms with Crippen LogP contribution in [-0.2, 0) is 14.8 Å². The summed E-state index contributed by atoms with van der Waals surface area (Å²) in [4.78, 5) is 0.0168. The Labute approximate surface area is 161 Å². The first kappa shape index (κ1) is 21.2. The number of anilines is 1. The standard InChI is InChI=1S/C17H18ClF2NO5S/c1-11-9-13(4-6-15(11)25-8-7-24-2)27(22,23)21-12-3-5-16(14(18)10-12)26-17(19)20/h3-6,9-10,17,21H,7-8H2,1-2H3. The van der Waals surface area contributed by atoms with E-state index in [4.69, 9.17) is 21.1 Å². The molecule has 2 aromatic rings. The van der Waals surface area contributed by atoms with Crippen molar-refractivity contribution < 1.29 is 31.4 Å². The maximum absolute atomic E-state index is 12.5. The SMILES string of the molecule is COCCOc1ccc(S(=O)(=O)Nc2ccc(OC(F)F)c(Cl)c2)cc1C. The van der Waals surface area contributed by atoms with Crippen LogP contribution in [0, 0.1) is 6.92 Å². The molecule has 0 heterocycles. The summed E-state index contributed by atoms with van der Waals surface area (Å²) in [5.74, 6) is 0.297. The lowest BCUT2D eigenvalue weighted by molar-refractivity contribution is -0.0497. The number of methoxy groups -OCH3 is 1. The summed E-state index contributed by atoms with van der Waals surface area (Å²) >= 11 is 5.83. The van der Waals surface area contributed by atoms with E-state index in [1.54, 1.807) is 20.1 Å². The summed E-state index contributed by atoms with van der Waals surface area (Å²) in [7, 11) is -2.36. The molecular formula is C17H18ClF2NO5S. The molecule has 6 nitrogen and oxygen atoms in total. The van der Waals surface area contributed by atoms with Crippen LogP contribution in [-0.4, -0.2) is 35.4 Å². The molecule has 0 bridgehead atoms. The van der Waals surface area contributed by atoms with Crippen LogP contribution < -0.4 is 14.2 Å². The fourth-order valence-corrected chi connectivity index (χ4v) is 3.52. The van der Waals surface area contributed by atoms with Gasteiger partial charge in [-0.3, -0.25) is 4.72 Å². The zero-order valence-electron chi connectivity index (χ0n) is 14.5. The quantitative estimate of drug-likeness (QED) is 0.618. The number of sulfonamides is 1. The summed E-state index contributed by atoms with van der Waals surface area (Å²) in [6, 6.07) is 8.02. The van der Waals surface area contributed by atoms with Gasteiger partial charge in [-0.25, -0.2) is 8.42 Å². The zero-order chi connectivity index (χ0) is 20.0. The highest BCUT2D eigenvalue weighted by Gasteiger charge is 2.17. The third-order valence-corrected chi connectivity index (χ3v) is 5.08. The van der Waals surface area contributed by atoms with E-state index in [-0.39, 0.29) is 21.4 Å². The number of alkyl halides is 2. The molecule has 0 saturated heterocycles. The fourth-order valence-electron chi connectivity index (χ4n) is 2.16. The first-order valence-corrected chi connectivity index (χ1v) is 9.58. The van der Waals surface area contributed by atoms with E-state index in [0.29, 0.717) is 24.5 Å². The van der Waals surface area contributed by atoms with E-state index in [1.807, 2.05) is 0 Å². The second kappa shape index (κ2) is 9.20. The van der Waals surface area contributed by atoms with Crippen molar-refractivity contribution in [1.29, 1.82) is 0 Å². The lowest BCUT2D eigenvalue weighted by Crippen LogP contribution is -2.13. The Kier molecular flexibility index (Phi) is 7.23. The van der Waals surface area contributed by atoms with Gasteiger partial charge in [0.05, 0.1) is 22.2 Å². The Morgan fingerprint density at radius 3 is 2.41 bits per heavy atom. The van der Waals surface area contributed by atoms with Gasteiger partial charge in [-0.2, -0.15) is 8.78 Å². The highest BCUT2D eigenvalue weighted by atomic mass is 35.5. The van der Waals surface area contributed by atoms with Crippen molar-refractivity contribution in [3.8, 4) is 11.5 Å². The largest absolute Gasteiger partial charge is 0.491 e. The average molecular weight is 422 g/mol. The lowest BCUT2D eigenvalue weighted by atomic mass is 10.2. The molecule has 2 aromatic carbocycles. The Balaban J connectivity index is 2.16. The van der Waals surface area contributed by atoms with E-state index in [0.717, 1.165) is 6.07 Å². The molecule has 0 radical (unpaired) electrons. The molecule has 27 heavy (non-hydrogen) atoms. The molecule has 1 N–H and O–H groups in total. The van der Waals surface area contributed by atoms with Gasteiger partial charge in [0.1, 0.15) is 18.1 Å². The molecule has 10 heteroatoms. The van der Waals surface area contributed by atoms with Gasteiger partial charge in [0, 0.05) is 7.11 Å². The predicted molar refractivity (Wildman–Crippen MR) is 97.4 cm³/mol. The molecule has 0 fully saturated rings. The van der Waals surface area contributed by atoms with Crippen molar-refractivity contribution in [2.24, 2.45) is 0 Å². The van der Waals surface area contributed by atoms with Crippen LogP contribution in [0.25, 0.3) is 0 Å². The number of benzene rings is 2. The first-order chi connectivity index (χ1) is 12.7. The minimum absolute atomic E-state index is 0.0168. The molecule has 0 saturated carbocycles. The number of aryl methyl sites for hydroxylation is 1. The van der Waals surface area contributed by atoms with Crippen LogP contribution in [0.3, 0.4) is 0 Å². The Morgan fingerprint density at radius 1 is 1.11 bits per heavy atom. The smallest absolute Gasteiger partial charge is 0.387 e. The van der Waals surface area contributed by atoms with Gasteiger partial charge in [-0.1, -0.05) is 11.6 Å². The Hall–Kier alpha value is -2.10. The molecule has 0 spiro atoms. The first-order valence-electron chi connectivity index (χ1n) is 7.72. The van der Waals surface area contributed by atoms with Crippen LogP contribution in [0.1, 0.15) is 5.56 Å². The number of rotatable bonds is 9. The van der Waals surface area contributed by atoms with E-state index in [2.05, 4.69) is 9.46 Å². The highest BCUT2D eigenvalue weighted by Crippen LogP contribution is 2.30. The van der Waals surface area contributed by atoms with Crippen LogP contribution >= 0.6 is 11.6 Å². The van der Waals surface area contributed by atoms with Crippen LogP contribution in [0.5, 0.6) is 11.5 Å². The molecule has 148 valence electrons. The molecular weight excluding hydrogens is 404 g/mol. The molecule has 0 atom stereocenters. The molecule has 2 rings (SSSR count). The normalized spacial score (nSPS) is 11.5. The van der Waals surface area contributed by atoms with Crippen LogP contribution in [0.2, 0.25) is 5.02 Å². The number of hydrogen-bond donors (Lipinski definition) is 1. The van der Waals surface area contributed by atoms with Gasteiger partial charge < -0.3 is 14.2 Å². The number of halogens is 3. The Bertz CT molecular complexity index is 893. The minimum atomic E-state index is -3.91. The molecule has 0 aliphatic carbocycles.